The SMILES string of the molecule is CN(Cc1cc[nH]c1)C(=O)CNC1CC1. The summed E-state index contributed by atoms with van der Waals surface area (Å²) in [4.78, 5) is 16.4. The average molecular weight is 207 g/mol. The second-order valence-electron chi connectivity index (χ2n) is 4.12. The number of nitrogens with one attached hydrogen (secondary N) is 2. The van der Waals surface area contributed by atoms with Gasteiger partial charge in [-0.25, -0.2) is 0 Å². The van der Waals surface area contributed by atoms with E-state index in [2.05, 4.69) is 10.3 Å². The Morgan fingerprint density at radius 2 is 2.47 bits per heavy atom. The van der Waals surface area contributed by atoms with Crippen molar-refractivity contribution in [3.8, 4) is 0 Å². The van der Waals surface area contributed by atoms with E-state index < -0.39 is 0 Å². The molecule has 0 aromatic carbocycles. The highest BCUT2D eigenvalue weighted by Crippen LogP contribution is 2.18. The second-order valence-corrected chi connectivity index (χ2v) is 4.12. The summed E-state index contributed by atoms with van der Waals surface area (Å²) in [7, 11) is 1.84. The van der Waals surface area contributed by atoms with Crippen molar-refractivity contribution < 1.29 is 4.79 Å². The van der Waals surface area contributed by atoms with E-state index in [4.69, 9.17) is 0 Å². The first-order valence-corrected chi connectivity index (χ1v) is 5.35. The van der Waals surface area contributed by atoms with Crippen LogP contribution in [0.2, 0.25) is 0 Å². The fourth-order valence-electron chi connectivity index (χ4n) is 1.47. The molecule has 0 saturated heterocycles. The molecule has 1 amide bonds. The van der Waals surface area contributed by atoms with Crippen molar-refractivity contribution in [2.75, 3.05) is 13.6 Å². The van der Waals surface area contributed by atoms with Gasteiger partial charge in [0, 0.05) is 32.0 Å². The lowest BCUT2D eigenvalue weighted by Crippen LogP contribution is -2.35. The van der Waals surface area contributed by atoms with Gasteiger partial charge in [0.05, 0.1) is 6.54 Å². The van der Waals surface area contributed by atoms with Crippen LogP contribution in [0.4, 0.5) is 0 Å². The Kier molecular flexibility index (Phi) is 3.06. The number of amides is 1. The van der Waals surface area contributed by atoms with Crippen LogP contribution in [0.25, 0.3) is 0 Å². The fraction of sp³-hybridized carbons (Fsp3) is 0.545. The van der Waals surface area contributed by atoms with E-state index in [9.17, 15) is 4.79 Å². The Hall–Kier alpha value is -1.29. The number of nitrogens with zero attached hydrogens (tertiary/aromatic N) is 1. The molecule has 0 unspecified atom stereocenters. The van der Waals surface area contributed by atoms with Gasteiger partial charge in [0.15, 0.2) is 0 Å². The van der Waals surface area contributed by atoms with Gasteiger partial charge in [-0.3, -0.25) is 4.79 Å². The number of hydrogen-bond donors (Lipinski definition) is 2. The Morgan fingerprint density at radius 1 is 1.67 bits per heavy atom. The molecule has 2 rings (SSSR count). The topological polar surface area (TPSA) is 48.1 Å². The molecule has 1 aliphatic rings. The predicted molar refractivity (Wildman–Crippen MR) is 58.3 cm³/mol. The lowest BCUT2D eigenvalue weighted by Gasteiger charge is -2.16. The zero-order valence-corrected chi connectivity index (χ0v) is 8.99. The van der Waals surface area contributed by atoms with E-state index in [-0.39, 0.29) is 5.91 Å². The number of hydrogen-bond acceptors (Lipinski definition) is 2. The standard InChI is InChI=1S/C11H17N3O/c1-14(8-9-4-5-12-6-9)11(15)7-13-10-2-3-10/h4-6,10,12-13H,2-3,7-8H2,1H3. The van der Waals surface area contributed by atoms with Crippen molar-refractivity contribution in [1.82, 2.24) is 15.2 Å². The van der Waals surface area contributed by atoms with E-state index >= 15 is 0 Å². The minimum absolute atomic E-state index is 0.156. The van der Waals surface area contributed by atoms with Gasteiger partial charge >= 0.3 is 0 Å². The van der Waals surface area contributed by atoms with Gasteiger partial charge in [0.2, 0.25) is 5.91 Å². The molecule has 1 heterocycles. The van der Waals surface area contributed by atoms with Crippen LogP contribution in [0, 0.1) is 0 Å². The van der Waals surface area contributed by atoms with Gasteiger partial charge in [0.1, 0.15) is 0 Å². The largest absolute Gasteiger partial charge is 0.367 e. The van der Waals surface area contributed by atoms with Gasteiger partial charge in [-0.2, -0.15) is 0 Å². The molecule has 82 valence electrons. The van der Waals surface area contributed by atoms with E-state index in [0.717, 1.165) is 5.56 Å². The third-order valence-electron chi connectivity index (χ3n) is 2.63. The van der Waals surface area contributed by atoms with Crippen LogP contribution in [-0.2, 0) is 11.3 Å². The molecule has 2 N–H and O–H groups in total. The molecule has 4 nitrogen and oxygen atoms in total. The summed E-state index contributed by atoms with van der Waals surface area (Å²) in [5.74, 6) is 0.156. The lowest BCUT2D eigenvalue weighted by molar-refractivity contribution is -0.129. The lowest BCUT2D eigenvalue weighted by atomic mass is 10.3. The molecule has 1 aromatic heterocycles. The van der Waals surface area contributed by atoms with Crippen molar-refractivity contribution in [1.29, 1.82) is 0 Å². The van der Waals surface area contributed by atoms with Crippen LogP contribution in [0.5, 0.6) is 0 Å². The normalized spacial score (nSPS) is 15.3. The number of likely N-dealkylation sites (N-methyl/N-ethyl adjacent to an activating group) is 1. The van der Waals surface area contributed by atoms with E-state index in [0.29, 0.717) is 19.1 Å². The van der Waals surface area contributed by atoms with Gasteiger partial charge < -0.3 is 15.2 Å². The van der Waals surface area contributed by atoms with E-state index in [1.807, 2.05) is 25.5 Å². The quantitative estimate of drug-likeness (QED) is 0.747. The molecule has 0 atom stereocenters. The fourth-order valence-corrected chi connectivity index (χ4v) is 1.47. The summed E-state index contributed by atoms with van der Waals surface area (Å²) in [6, 6.07) is 2.58. The van der Waals surface area contributed by atoms with Crippen molar-refractivity contribution in [2.45, 2.75) is 25.4 Å². The summed E-state index contributed by atoms with van der Waals surface area (Å²) in [6.45, 7) is 1.14. The summed E-state index contributed by atoms with van der Waals surface area (Å²) < 4.78 is 0. The smallest absolute Gasteiger partial charge is 0.236 e. The molecular weight excluding hydrogens is 190 g/mol. The molecule has 0 aliphatic heterocycles. The monoisotopic (exact) mass is 207 g/mol. The molecule has 0 radical (unpaired) electrons. The molecule has 1 fully saturated rings. The number of rotatable bonds is 5. The molecule has 0 spiro atoms. The first-order valence-electron chi connectivity index (χ1n) is 5.35. The molecule has 15 heavy (non-hydrogen) atoms. The van der Waals surface area contributed by atoms with Crippen molar-refractivity contribution in [3.63, 3.8) is 0 Å². The molecule has 1 aromatic rings. The average Bonchev–Trinajstić information content (AvgIpc) is 2.92. The maximum atomic E-state index is 11.7. The minimum atomic E-state index is 0.156. The van der Waals surface area contributed by atoms with Crippen LogP contribution < -0.4 is 5.32 Å². The van der Waals surface area contributed by atoms with Gasteiger partial charge in [-0.05, 0) is 24.5 Å². The van der Waals surface area contributed by atoms with Gasteiger partial charge in [-0.1, -0.05) is 0 Å². The third-order valence-corrected chi connectivity index (χ3v) is 2.63. The third kappa shape index (κ3) is 3.09. The highest BCUT2D eigenvalue weighted by Gasteiger charge is 2.21. The Morgan fingerprint density at radius 3 is 3.07 bits per heavy atom. The Balaban J connectivity index is 1.73. The van der Waals surface area contributed by atoms with Crippen molar-refractivity contribution in [3.05, 3.63) is 24.0 Å². The zero-order chi connectivity index (χ0) is 10.7. The Bertz CT molecular complexity index is 317. The highest BCUT2D eigenvalue weighted by molar-refractivity contribution is 5.78. The van der Waals surface area contributed by atoms with Crippen LogP contribution in [0.1, 0.15) is 18.4 Å². The van der Waals surface area contributed by atoms with E-state index in [1.165, 1.54) is 12.8 Å². The molecular formula is C11H17N3O. The van der Waals surface area contributed by atoms with Crippen molar-refractivity contribution in [2.24, 2.45) is 0 Å². The molecule has 1 saturated carbocycles. The summed E-state index contributed by atoms with van der Waals surface area (Å²) in [6.07, 6.45) is 6.22. The first-order chi connectivity index (χ1) is 7.25. The maximum Gasteiger partial charge on any atom is 0.236 e. The number of carbonyl (C=O) groups excluding carboxylic acids is 1. The van der Waals surface area contributed by atoms with Crippen molar-refractivity contribution >= 4 is 5.91 Å². The van der Waals surface area contributed by atoms with Gasteiger partial charge in [0.25, 0.3) is 0 Å². The van der Waals surface area contributed by atoms with Gasteiger partial charge in [-0.15, -0.1) is 0 Å². The van der Waals surface area contributed by atoms with Crippen LogP contribution in [-0.4, -0.2) is 35.4 Å². The van der Waals surface area contributed by atoms with Crippen LogP contribution in [0.3, 0.4) is 0 Å². The highest BCUT2D eigenvalue weighted by atomic mass is 16.2. The maximum absolute atomic E-state index is 11.7. The molecule has 4 heteroatoms. The number of aromatic nitrogens is 1. The van der Waals surface area contributed by atoms with Crippen LogP contribution >= 0.6 is 0 Å². The Labute approximate surface area is 89.7 Å². The zero-order valence-electron chi connectivity index (χ0n) is 8.99. The molecule has 1 aliphatic carbocycles. The summed E-state index contributed by atoms with van der Waals surface area (Å²) in [5, 5.41) is 3.22. The number of H-pyrrole nitrogens is 1. The van der Waals surface area contributed by atoms with E-state index in [1.54, 1.807) is 4.90 Å². The predicted octanol–water partition coefficient (Wildman–Crippen LogP) is 0.725. The van der Waals surface area contributed by atoms with Crippen LogP contribution in [0.15, 0.2) is 18.5 Å². The number of carbonyl (C=O) groups is 1. The minimum Gasteiger partial charge on any atom is -0.367 e. The summed E-state index contributed by atoms with van der Waals surface area (Å²) in [5.41, 5.74) is 1.14. The summed E-state index contributed by atoms with van der Waals surface area (Å²) >= 11 is 0. The first kappa shape index (κ1) is 10.2. The number of aromatic amines is 1. The molecule has 0 bridgehead atoms. The second kappa shape index (κ2) is 4.49.